The Morgan fingerprint density at radius 1 is 1.36 bits per heavy atom. The van der Waals surface area contributed by atoms with Gasteiger partial charge in [0.25, 0.3) is 0 Å². The summed E-state index contributed by atoms with van der Waals surface area (Å²) in [5.41, 5.74) is 1.14. The van der Waals surface area contributed by atoms with E-state index in [1.807, 2.05) is 12.1 Å². The van der Waals surface area contributed by atoms with Crippen molar-refractivity contribution in [2.24, 2.45) is 0 Å². The third kappa shape index (κ3) is 3.56. The molecule has 0 aliphatic carbocycles. The van der Waals surface area contributed by atoms with Crippen LogP contribution in [0.15, 0.2) is 18.2 Å². The van der Waals surface area contributed by atoms with Gasteiger partial charge >= 0.3 is 0 Å². The molecule has 0 heterocycles. The van der Waals surface area contributed by atoms with Crippen molar-refractivity contribution in [3.63, 3.8) is 0 Å². The summed E-state index contributed by atoms with van der Waals surface area (Å²) in [6.07, 6.45) is 0. The Balaban J connectivity index is 2.71. The number of ether oxygens (including phenoxy) is 1. The summed E-state index contributed by atoms with van der Waals surface area (Å²) in [5, 5.41) is 4.04. The molecule has 0 aliphatic heterocycles. The van der Waals surface area contributed by atoms with E-state index >= 15 is 0 Å². The zero-order valence-electron chi connectivity index (χ0n) is 8.80. The van der Waals surface area contributed by atoms with E-state index in [0.717, 1.165) is 17.9 Å². The molecule has 0 saturated heterocycles. The van der Waals surface area contributed by atoms with Crippen LogP contribution in [0.4, 0.5) is 0 Å². The smallest absolute Gasteiger partial charge is 0.120 e. The Morgan fingerprint density at radius 3 is 2.64 bits per heavy atom. The van der Waals surface area contributed by atoms with Crippen LogP contribution in [0.5, 0.6) is 5.75 Å². The zero-order valence-corrected chi connectivity index (χ0v) is 9.56. The molecule has 1 rings (SSSR count). The van der Waals surface area contributed by atoms with Gasteiger partial charge in [0.1, 0.15) is 5.75 Å². The van der Waals surface area contributed by atoms with E-state index < -0.39 is 0 Å². The Kier molecular flexibility index (Phi) is 4.23. The fourth-order valence-corrected chi connectivity index (χ4v) is 1.41. The first-order valence-corrected chi connectivity index (χ1v) is 5.06. The monoisotopic (exact) mass is 213 g/mol. The zero-order chi connectivity index (χ0) is 10.6. The molecule has 3 heteroatoms. The van der Waals surface area contributed by atoms with Crippen molar-refractivity contribution >= 4 is 11.6 Å². The lowest BCUT2D eigenvalue weighted by molar-refractivity contribution is 0.414. The summed E-state index contributed by atoms with van der Waals surface area (Å²) >= 11 is 5.94. The van der Waals surface area contributed by atoms with E-state index in [2.05, 4.69) is 19.2 Å². The lowest BCUT2D eigenvalue weighted by Crippen LogP contribution is -2.21. The van der Waals surface area contributed by atoms with Crippen LogP contribution in [0.25, 0.3) is 0 Å². The molecule has 0 aliphatic rings. The number of hydrogen-bond acceptors (Lipinski definition) is 2. The lowest BCUT2D eigenvalue weighted by Gasteiger charge is -2.09. The van der Waals surface area contributed by atoms with Crippen molar-refractivity contribution in [3.8, 4) is 5.75 Å². The fraction of sp³-hybridized carbons (Fsp3) is 0.455. The number of benzene rings is 1. The molecule has 78 valence electrons. The van der Waals surface area contributed by atoms with Crippen LogP contribution in [0.2, 0.25) is 5.02 Å². The summed E-state index contributed by atoms with van der Waals surface area (Å²) in [6.45, 7) is 5.04. The minimum atomic E-state index is 0.472. The van der Waals surface area contributed by atoms with Crippen LogP contribution < -0.4 is 10.1 Å². The van der Waals surface area contributed by atoms with Crippen molar-refractivity contribution in [2.45, 2.75) is 26.4 Å². The van der Waals surface area contributed by atoms with Crippen molar-refractivity contribution in [1.29, 1.82) is 0 Å². The summed E-state index contributed by atoms with van der Waals surface area (Å²) in [4.78, 5) is 0. The maximum absolute atomic E-state index is 5.94. The van der Waals surface area contributed by atoms with Crippen molar-refractivity contribution in [3.05, 3.63) is 28.8 Å². The third-order valence-electron chi connectivity index (χ3n) is 1.88. The molecular formula is C11H16ClNO. The standard InChI is InChI=1S/C11H16ClNO/c1-8(2)13-7-9-4-10(12)6-11(5-9)14-3/h4-6,8,13H,7H2,1-3H3. The van der Waals surface area contributed by atoms with Gasteiger partial charge in [-0.25, -0.2) is 0 Å². The largest absolute Gasteiger partial charge is 0.497 e. The Bertz CT molecular complexity index is 299. The van der Waals surface area contributed by atoms with Gasteiger partial charge < -0.3 is 10.1 Å². The molecule has 2 nitrogen and oxygen atoms in total. The Morgan fingerprint density at radius 2 is 2.07 bits per heavy atom. The molecule has 1 aromatic carbocycles. The Hall–Kier alpha value is -0.730. The highest BCUT2D eigenvalue weighted by Crippen LogP contribution is 2.20. The highest BCUT2D eigenvalue weighted by atomic mass is 35.5. The second kappa shape index (κ2) is 5.23. The van der Waals surface area contributed by atoms with E-state index in [-0.39, 0.29) is 0 Å². The van der Waals surface area contributed by atoms with Crippen molar-refractivity contribution < 1.29 is 4.74 Å². The van der Waals surface area contributed by atoms with E-state index in [1.54, 1.807) is 13.2 Å². The second-order valence-electron chi connectivity index (χ2n) is 3.53. The van der Waals surface area contributed by atoms with E-state index in [4.69, 9.17) is 16.3 Å². The van der Waals surface area contributed by atoms with E-state index in [0.29, 0.717) is 11.1 Å². The van der Waals surface area contributed by atoms with E-state index in [9.17, 15) is 0 Å². The number of nitrogens with one attached hydrogen (secondary N) is 1. The average Bonchev–Trinajstić information content (AvgIpc) is 2.14. The average molecular weight is 214 g/mol. The number of halogens is 1. The van der Waals surface area contributed by atoms with Crippen LogP contribution in [-0.2, 0) is 6.54 Å². The molecule has 0 unspecified atom stereocenters. The molecular weight excluding hydrogens is 198 g/mol. The van der Waals surface area contributed by atoms with Gasteiger partial charge in [0, 0.05) is 17.6 Å². The van der Waals surface area contributed by atoms with Gasteiger partial charge in [-0.05, 0) is 23.8 Å². The van der Waals surface area contributed by atoms with Crippen molar-refractivity contribution in [1.82, 2.24) is 5.32 Å². The van der Waals surface area contributed by atoms with Crippen molar-refractivity contribution in [2.75, 3.05) is 7.11 Å². The third-order valence-corrected chi connectivity index (χ3v) is 2.10. The first kappa shape index (κ1) is 11.3. The molecule has 14 heavy (non-hydrogen) atoms. The molecule has 0 spiro atoms. The summed E-state index contributed by atoms with van der Waals surface area (Å²) < 4.78 is 5.13. The number of rotatable bonds is 4. The fourth-order valence-electron chi connectivity index (χ4n) is 1.16. The van der Waals surface area contributed by atoms with Gasteiger partial charge in [-0.15, -0.1) is 0 Å². The molecule has 0 amide bonds. The summed E-state index contributed by atoms with van der Waals surface area (Å²) in [5.74, 6) is 0.804. The highest BCUT2D eigenvalue weighted by Gasteiger charge is 2.00. The Labute approximate surface area is 90.2 Å². The molecule has 0 bridgehead atoms. The lowest BCUT2D eigenvalue weighted by atomic mass is 10.2. The topological polar surface area (TPSA) is 21.3 Å². The molecule has 0 aromatic heterocycles. The summed E-state index contributed by atoms with van der Waals surface area (Å²) in [6, 6.07) is 6.21. The molecule has 0 radical (unpaired) electrons. The predicted molar refractivity (Wildman–Crippen MR) is 60.0 cm³/mol. The van der Waals surface area contributed by atoms with Gasteiger partial charge in [-0.2, -0.15) is 0 Å². The quantitative estimate of drug-likeness (QED) is 0.831. The minimum absolute atomic E-state index is 0.472. The summed E-state index contributed by atoms with van der Waals surface area (Å²) in [7, 11) is 1.64. The molecule has 1 N–H and O–H groups in total. The maximum atomic E-state index is 5.94. The van der Waals surface area contributed by atoms with Crippen LogP contribution in [0.1, 0.15) is 19.4 Å². The number of hydrogen-bond donors (Lipinski definition) is 1. The highest BCUT2D eigenvalue weighted by molar-refractivity contribution is 6.30. The predicted octanol–water partition coefficient (Wildman–Crippen LogP) is 2.85. The molecule has 0 fully saturated rings. The number of methoxy groups -OCH3 is 1. The van der Waals surface area contributed by atoms with Gasteiger partial charge in [0.2, 0.25) is 0 Å². The first-order valence-electron chi connectivity index (χ1n) is 4.68. The SMILES string of the molecule is COc1cc(Cl)cc(CNC(C)C)c1. The molecule has 0 saturated carbocycles. The van der Waals surface area contributed by atoms with Crippen LogP contribution in [0, 0.1) is 0 Å². The normalized spacial score (nSPS) is 10.6. The first-order chi connectivity index (χ1) is 6.61. The van der Waals surface area contributed by atoms with Crippen LogP contribution in [0.3, 0.4) is 0 Å². The van der Waals surface area contributed by atoms with Gasteiger partial charge in [0.05, 0.1) is 7.11 Å². The van der Waals surface area contributed by atoms with Gasteiger partial charge in [-0.3, -0.25) is 0 Å². The van der Waals surface area contributed by atoms with Gasteiger partial charge in [-0.1, -0.05) is 25.4 Å². The van der Waals surface area contributed by atoms with Crippen LogP contribution >= 0.6 is 11.6 Å². The van der Waals surface area contributed by atoms with Gasteiger partial charge in [0.15, 0.2) is 0 Å². The maximum Gasteiger partial charge on any atom is 0.120 e. The van der Waals surface area contributed by atoms with Crippen LogP contribution in [-0.4, -0.2) is 13.2 Å². The minimum Gasteiger partial charge on any atom is -0.497 e. The second-order valence-corrected chi connectivity index (χ2v) is 3.97. The van der Waals surface area contributed by atoms with E-state index in [1.165, 1.54) is 0 Å². The molecule has 0 atom stereocenters. The molecule has 1 aromatic rings.